The van der Waals surface area contributed by atoms with Gasteiger partial charge in [-0.15, -0.1) is 0 Å². The van der Waals surface area contributed by atoms with E-state index in [0.717, 1.165) is 6.42 Å². The molecule has 6 heteroatoms. The summed E-state index contributed by atoms with van der Waals surface area (Å²) in [6.45, 7) is 5.08. The van der Waals surface area contributed by atoms with Gasteiger partial charge in [-0.1, -0.05) is 23.2 Å². The molecule has 0 aromatic carbocycles. The molecule has 0 aliphatic heterocycles. The average molecular weight is 291 g/mol. The maximum atomic E-state index is 11.8. The number of rotatable bonds is 6. The summed E-state index contributed by atoms with van der Waals surface area (Å²) in [5, 5.41) is 3.28. The molecule has 1 heterocycles. The highest BCUT2D eigenvalue weighted by Crippen LogP contribution is 2.17. The van der Waals surface area contributed by atoms with Gasteiger partial charge in [0.05, 0.1) is 16.7 Å². The second kappa shape index (κ2) is 7.56. The molecule has 0 saturated heterocycles. The summed E-state index contributed by atoms with van der Waals surface area (Å²) in [6.07, 6.45) is 2.32. The summed E-state index contributed by atoms with van der Waals surface area (Å²) in [5.41, 5.74) is 0.335. The zero-order valence-electron chi connectivity index (χ0n) is 10.4. The van der Waals surface area contributed by atoms with Gasteiger partial charge in [0.2, 0.25) is 0 Å². The Kier molecular flexibility index (Phi) is 6.39. The molecule has 0 fully saturated rings. The first-order valence-corrected chi connectivity index (χ1v) is 6.47. The molecule has 0 saturated carbocycles. The molecule has 18 heavy (non-hydrogen) atoms. The fourth-order valence-corrected chi connectivity index (χ4v) is 1.62. The molecule has 1 rings (SSSR count). The predicted molar refractivity (Wildman–Crippen MR) is 72.3 cm³/mol. The Bertz CT molecular complexity index is 411. The van der Waals surface area contributed by atoms with Gasteiger partial charge in [-0.05, 0) is 26.3 Å². The van der Waals surface area contributed by atoms with Gasteiger partial charge in [-0.25, -0.2) is 4.98 Å². The Morgan fingerprint density at radius 3 is 2.89 bits per heavy atom. The summed E-state index contributed by atoms with van der Waals surface area (Å²) >= 11 is 11.6. The van der Waals surface area contributed by atoms with E-state index >= 15 is 0 Å². The van der Waals surface area contributed by atoms with E-state index in [9.17, 15) is 4.79 Å². The van der Waals surface area contributed by atoms with Crippen LogP contribution in [0.2, 0.25) is 10.2 Å². The SMILES string of the molecule is CC(C)OCCCNC(=O)c1cc(Cl)ncc1Cl. The van der Waals surface area contributed by atoms with Gasteiger partial charge in [0.1, 0.15) is 5.15 Å². The molecule has 0 aliphatic carbocycles. The zero-order chi connectivity index (χ0) is 13.5. The van der Waals surface area contributed by atoms with Gasteiger partial charge in [0.15, 0.2) is 0 Å². The number of nitrogens with zero attached hydrogens (tertiary/aromatic N) is 1. The number of hydrogen-bond acceptors (Lipinski definition) is 3. The first-order chi connectivity index (χ1) is 8.50. The Balaban J connectivity index is 2.39. The molecule has 4 nitrogen and oxygen atoms in total. The van der Waals surface area contributed by atoms with E-state index in [1.165, 1.54) is 12.3 Å². The second-order valence-corrected chi connectivity index (χ2v) is 4.81. The summed E-state index contributed by atoms with van der Waals surface area (Å²) in [6, 6.07) is 1.45. The van der Waals surface area contributed by atoms with Crippen LogP contribution in [0.4, 0.5) is 0 Å². The van der Waals surface area contributed by atoms with Crippen molar-refractivity contribution in [2.24, 2.45) is 0 Å². The van der Waals surface area contributed by atoms with Crippen LogP contribution in [-0.2, 0) is 4.74 Å². The Morgan fingerprint density at radius 1 is 1.50 bits per heavy atom. The lowest BCUT2D eigenvalue weighted by Crippen LogP contribution is -2.26. The highest BCUT2D eigenvalue weighted by molar-refractivity contribution is 6.35. The van der Waals surface area contributed by atoms with E-state index in [4.69, 9.17) is 27.9 Å². The molecule has 1 N–H and O–H groups in total. The fraction of sp³-hybridized carbons (Fsp3) is 0.500. The zero-order valence-corrected chi connectivity index (χ0v) is 11.9. The molecule has 0 radical (unpaired) electrons. The lowest BCUT2D eigenvalue weighted by atomic mass is 10.2. The number of pyridine rings is 1. The maximum Gasteiger partial charge on any atom is 0.252 e. The second-order valence-electron chi connectivity index (χ2n) is 4.02. The fourth-order valence-electron chi connectivity index (χ4n) is 1.28. The lowest BCUT2D eigenvalue weighted by molar-refractivity contribution is 0.0757. The van der Waals surface area contributed by atoms with Crippen LogP contribution in [0, 0.1) is 0 Å². The summed E-state index contributed by atoms with van der Waals surface area (Å²) < 4.78 is 5.36. The van der Waals surface area contributed by atoms with Crippen molar-refractivity contribution < 1.29 is 9.53 Å². The van der Waals surface area contributed by atoms with Gasteiger partial charge >= 0.3 is 0 Å². The minimum absolute atomic E-state index is 0.203. The number of carbonyl (C=O) groups is 1. The molecule has 0 unspecified atom stereocenters. The predicted octanol–water partition coefficient (Wildman–Crippen LogP) is 2.93. The van der Waals surface area contributed by atoms with Crippen LogP contribution in [0.3, 0.4) is 0 Å². The molecule has 100 valence electrons. The number of nitrogens with one attached hydrogen (secondary N) is 1. The van der Waals surface area contributed by atoms with Gasteiger partial charge in [0, 0.05) is 19.3 Å². The molecular formula is C12H16Cl2N2O2. The largest absolute Gasteiger partial charge is 0.379 e. The van der Waals surface area contributed by atoms with Crippen LogP contribution in [0.25, 0.3) is 0 Å². The van der Waals surface area contributed by atoms with Crippen molar-refractivity contribution in [2.45, 2.75) is 26.4 Å². The van der Waals surface area contributed by atoms with Gasteiger partial charge in [-0.3, -0.25) is 4.79 Å². The molecule has 0 spiro atoms. The van der Waals surface area contributed by atoms with Crippen molar-refractivity contribution in [1.29, 1.82) is 0 Å². The summed E-state index contributed by atoms with van der Waals surface area (Å²) in [4.78, 5) is 15.6. The minimum atomic E-state index is -0.256. The lowest BCUT2D eigenvalue weighted by Gasteiger charge is -2.09. The van der Waals surface area contributed by atoms with Gasteiger partial charge < -0.3 is 10.1 Å². The summed E-state index contributed by atoms with van der Waals surface area (Å²) in [7, 11) is 0. The van der Waals surface area contributed by atoms with Crippen molar-refractivity contribution >= 4 is 29.1 Å². The minimum Gasteiger partial charge on any atom is -0.379 e. The van der Waals surface area contributed by atoms with Crippen molar-refractivity contribution in [3.05, 3.63) is 28.0 Å². The van der Waals surface area contributed by atoms with Gasteiger partial charge in [0.25, 0.3) is 5.91 Å². The molecular weight excluding hydrogens is 275 g/mol. The highest BCUT2D eigenvalue weighted by atomic mass is 35.5. The van der Waals surface area contributed by atoms with Crippen molar-refractivity contribution in [1.82, 2.24) is 10.3 Å². The number of ether oxygens (including phenoxy) is 1. The number of amides is 1. The first-order valence-electron chi connectivity index (χ1n) is 5.71. The monoisotopic (exact) mass is 290 g/mol. The quantitative estimate of drug-likeness (QED) is 0.647. The molecule has 1 amide bonds. The van der Waals surface area contributed by atoms with E-state index in [1.54, 1.807) is 0 Å². The van der Waals surface area contributed by atoms with Crippen molar-refractivity contribution in [3.63, 3.8) is 0 Å². The van der Waals surface area contributed by atoms with Gasteiger partial charge in [-0.2, -0.15) is 0 Å². The summed E-state index contributed by atoms with van der Waals surface area (Å²) in [5.74, 6) is -0.256. The smallest absolute Gasteiger partial charge is 0.252 e. The van der Waals surface area contributed by atoms with Crippen molar-refractivity contribution in [3.8, 4) is 0 Å². The molecule has 1 aromatic heterocycles. The van der Waals surface area contributed by atoms with E-state index in [-0.39, 0.29) is 22.2 Å². The molecule has 0 atom stereocenters. The molecule has 0 bridgehead atoms. The Morgan fingerprint density at radius 2 is 2.22 bits per heavy atom. The van der Waals surface area contributed by atoms with Crippen LogP contribution in [0.5, 0.6) is 0 Å². The van der Waals surface area contributed by atoms with Crippen molar-refractivity contribution in [2.75, 3.05) is 13.2 Å². The van der Waals surface area contributed by atoms with E-state index in [1.807, 2.05) is 13.8 Å². The highest BCUT2D eigenvalue weighted by Gasteiger charge is 2.10. The standard InChI is InChI=1S/C12H16Cl2N2O2/c1-8(2)18-5-3-4-15-12(17)9-6-11(14)16-7-10(9)13/h6-8H,3-5H2,1-2H3,(H,15,17). The normalized spacial score (nSPS) is 10.7. The molecule has 1 aromatic rings. The third-order valence-corrected chi connectivity index (χ3v) is 2.63. The maximum absolute atomic E-state index is 11.8. The third-order valence-electron chi connectivity index (χ3n) is 2.12. The molecule has 0 aliphatic rings. The van der Waals surface area contributed by atoms with Crippen LogP contribution < -0.4 is 5.32 Å². The topological polar surface area (TPSA) is 51.2 Å². The first kappa shape index (κ1) is 15.2. The number of carbonyl (C=O) groups excluding carboxylic acids is 1. The average Bonchev–Trinajstić information content (AvgIpc) is 2.31. The van der Waals surface area contributed by atoms with E-state index < -0.39 is 0 Å². The van der Waals surface area contributed by atoms with Crippen LogP contribution in [0.1, 0.15) is 30.6 Å². The number of halogens is 2. The Labute approximate surface area is 117 Å². The third kappa shape index (κ3) is 5.21. The number of aromatic nitrogens is 1. The Hall–Kier alpha value is -0.840. The van der Waals surface area contributed by atoms with E-state index in [0.29, 0.717) is 18.7 Å². The van der Waals surface area contributed by atoms with Crippen LogP contribution >= 0.6 is 23.2 Å². The number of hydrogen-bond donors (Lipinski definition) is 1. The van der Waals surface area contributed by atoms with E-state index in [2.05, 4.69) is 10.3 Å². The van der Waals surface area contributed by atoms with Crippen LogP contribution in [-0.4, -0.2) is 30.1 Å². The van der Waals surface area contributed by atoms with Crippen LogP contribution in [0.15, 0.2) is 12.3 Å².